The van der Waals surface area contributed by atoms with E-state index in [1.165, 1.54) is 38.5 Å². The van der Waals surface area contributed by atoms with E-state index in [-0.39, 0.29) is 0 Å². The van der Waals surface area contributed by atoms with E-state index in [1.807, 2.05) is 18.2 Å². The Kier molecular flexibility index (Phi) is 2.94. The van der Waals surface area contributed by atoms with Crippen LogP contribution in [0.25, 0.3) is 0 Å². The molecular weight excluding hydrogens is 224 g/mol. The second-order valence-corrected chi connectivity index (χ2v) is 5.48. The molecular formula is C14H20N4. The van der Waals surface area contributed by atoms with E-state index in [2.05, 4.69) is 15.3 Å². The molecule has 2 aliphatic rings. The molecule has 96 valence electrons. The van der Waals surface area contributed by atoms with Crippen LogP contribution in [-0.4, -0.2) is 17.0 Å². The summed E-state index contributed by atoms with van der Waals surface area (Å²) < 4.78 is 0. The fourth-order valence-electron chi connectivity index (χ4n) is 3.31. The van der Waals surface area contributed by atoms with E-state index in [9.17, 15) is 0 Å². The van der Waals surface area contributed by atoms with Gasteiger partial charge in [-0.15, -0.1) is 0 Å². The predicted molar refractivity (Wildman–Crippen MR) is 73.4 cm³/mol. The summed E-state index contributed by atoms with van der Waals surface area (Å²) in [6, 6.07) is 6.15. The summed E-state index contributed by atoms with van der Waals surface area (Å²) in [5.41, 5.74) is 6.45. The Hall–Kier alpha value is -1.58. The van der Waals surface area contributed by atoms with Gasteiger partial charge in [0.05, 0.1) is 6.04 Å². The predicted octanol–water partition coefficient (Wildman–Crippen LogP) is 2.53. The van der Waals surface area contributed by atoms with Gasteiger partial charge in [0, 0.05) is 6.20 Å². The van der Waals surface area contributed by atoms with Crippen LogP contribution >= 0.6 is 0 Å². The molecule has 2 fully saturated rings. The Morgan fingerprint density at radius 3 is 2.78 bits per heavy atom. The van der Waals surface area contributed by atoms with Crippen LogP contribution in [0.3, 0.4) is 0 Å². The van der Waals surface area contributed by atoms with Crippen molar-refractivity contribution in [1.29, 1.82) is 0 Å². The number of nitrogens with zero attached hydrogens (tertiary/aromatic N) is 2. The van der Waals surface area contributed by atoms with Crippen molar-refractivity contribution >= 4 is 11.8 Å². The zero-order chi connectivity index (χ0) is 12.4. The van der Waals surface area contributed by atoms with Gasteiger partial charge in [-0.3, -0.25) is 0 Å². The minimum Gasteiger partial charge on any atom is -0.370 e. The van der Waals surface area contributed by atoms with Crippen molar-refractivity contribution in [2.45, 2.75) is 44.6 Å². The Labute approximate surface area is 108 Å². The number of nitrogens with one attached hydrogen (secondary N) is 1. The topological polar surface area (TPSA) is 63.3 Å². The minimum atomic E-state index is 0.427. The average molecular weight is 244 g/mol. The van der Waals surface area contributed by atoms with Crippen molar-refractivity contribution in [2.24, 2.45) is 16.1 Å². The lowest BCUT2D eigenvalue weighted by Crippen LogP contribution is -2.43. The molecule has 2 saturated carbocycles. The highest BCUT2D eigenvalue weighted by Crippen LogP contribution is 2.54. The summed E-state index contributed by atoms with van der Waals surface area (Å²) in [5, 5.41) is 3.06. The Balaban J connectivity index is 1.65. The molecule has 1 heterocycles. The summed E-state index contributed by atoms with van der Waals surface area (Å²) in [6.45, 7) is 0. The largest absolute Gasteiger partial charge is 0.370 e. The number of hydrogen-bond donors (Lipinski definition) is 2. The van der Waals surface area contributed by atoms with Gasteiger partial charge in [0.1, 0.15) is 5.82 Å². The van der Waals surface area contributed by atoms with Gasteiger partial charge in [0.25, 0.3) is 0 Å². The zero-order valence-corrected chi connectivity index (χ0v) is 10.6. The number of aliphatic imine (C=N–C) groups is 1. The lowest BCUT2D eigenvalue weighted by molar-refractivity contribution is 0.104. The van der Waals surface area contributed by atoms with Gasteiger partial charge in [-0.2, -0.15) is 0 Å². The number of anilines is 1. The van der Waals surface area contributed by atoms with Gasteiger partial charge in [-0.05, 0) is 43.2 Å². The molecule has 4 heteroatoms. The molecule has 2 aliphatic carbocycles. The maximum atomic E-state index is 5.97. The first-order valence-corrected chi connectivity index (χ1v) is 6.80. The zero-order valence-electron chi connectivity index (χ0n) is 10.6. The molecule has 0 aliphatic heterocycles. The molecule has 0 radical (unpaired) electrons. The van der Waals surface area contributed by atoms with Crippen molar-refractivity contribution in [3.8, 4) is 0 Å². The minimum absolute atomic E-state index is 0.427. The highest BCUT2D eigenvalue weighted by atomic mass is 15.1. The molecule has 4 nitrogen and oxygen atoms in total. The highest BCUT2D eigenvalue weighted by molar-refractivity contribution is 5.91. The molecule has 0 amide bonds. The normalized spacial score (nSPS) is 26.0. The maximum Gasteiger partial charge on any atom is 0.194 e. The Morgan fingerprint density at radius 1 is 1.33 bits per heavy atom. The van der Waals surface area contributed by atoms with Crippen LogP contribution in [0.1, 0.15) is 38.5 Å². The van der Waals surface area contributed by atoms with E-state index in [4.69, 9.17) is 5.73 Å². The van der Waals surface area contributed by atoms with Crippen LogP contribution in [0, 0.1) is 5.41 Å². The lowest BCUT2D eigenvalue weighted by Gasteiger charge is -2.45. The fourth-order valence-corrected chi connectivity index (χ4v) is 3.31. The average Bonchev–Trinajstić information content (AvgIpc) is 2.88. The van der Waals surface area contributed by atoms with Gasteiger partial charge in [0.2, 0.25) is 0 Å². The summed E-state index contributed by atoms with van der Waals surface area (Å²) in [6.07, 6.45) is 9.65. The van der Waals surface area contributed by atoms with Crippen LogP contribution in [-0.2, 0) is 0 Å². The number of hydrogen-bond acceptors (Lipinski definition) is 2. The molecule has 1 aromatic rings. The highest BCUT2D eigenvalue weighted by Gasteiger charge is 2.48. The van der Waals surface area contributed by atoms with Crippen LogP contribution in [0.15, 0.2) is 29.4 Å². The molecule has 1 aromatic heterocycles. The molecule has 3 N–H and O–H groups in total. The third-order valence-corrected chi connectivity index (χ3v) is 4.44. The second kappa shape index (κ2) is 4.59. The van der Waals surface area contributed by atoms with Crippen molar-refractivity contribution in [3.63, 3.8) is 0 Å². The number of nitrogens with two attached hydrogens (primary N) is 1. The van der Waals surface area contributed by atoms with Crippen LogP contribution in [0.5, 0.6) is 0 Å². The number of aromatic nitrogens is 1. The van der Waals surface area contributed by atoms with Crippen molar-refractivity contribution < 1.29 is 0 Å². The Morgan fingerprint density at radius 2 is 2.17 bits per heavy atom. The van der Waals surface area contributed by atoms with Gasteiger partial charge >= 0.3 is 0 Å². The third kappa shape index (κ3) is 2.07. The maximum absolute atomic E-state index is 5.97. The molecule has 1 atom stereocenters. The molecule has 0 aromatic carbocycles. The van der Waals surface area contributed by atoms with Gasteiger partial charge < -0.3 is 11.1 Å². The van der Waals surface area contributed by atoms with Gasteiger partial charge in [0.15, 0.2) is 5.96 Å². The van der Waals surface area contributed by atoms with E-state index in [1.54, 1.807) is 6.20 Å². The standard InChI is InChI=1S/C14H20N4/c15-13(18-12-5-1-4-10-16-12)17-11-6-9-14(11)7-2-3-8-14/h1,4-5,10-11H,2-3,6-9H2,(H3,15,16,17,18). The third-order valence-electron chi connectivity index (χ3n) is 4.44. The monoisotopic (exact) mass is 244 g/mol. The second-order valence-electron chi connectivity index (χ2n) is 5.48. The molecule has 18 heavy (non-hydrogen) atoms. The van der Waals surface area contributed by atoms with Crippen molar-refractivity contribution in [3.05, 3.63) is 24.4 Å². The van der Waals surface area contributed by atoms with Crippen molar-refractivity contribution in [1.82, 2.24) is 4.98 Å². The van der Waals surface area contributed by atoms with E-state index in [0.717, 1.165) is 5.82 Å². The van der Waals surface area contributed by atoms with Crippen LogP contribution < -0.4 is 11.1 Å². The summed E-state index contributed by atoms with van der Waals surface area (Å²) in [5.74, 6) is 1.27. The smallest absolute Gasteiger partial charge is 0.194 e. The summed E-state index contributed by atoms with van der Waals surface area (Å²) in [7, 11) is 0. The van der Waals surface area contributed by atoms with Gasteiger partial charge in [-0.25, -0.2) is 9.98 Å². The number of guanidine groups is 1. The lowest BCUT2D eigenvalue weighted by atomic mass is 9.63. The summed E-state index contributed by atoms with van der Waals surface area (Å²) in [4.78, 5) is 8.84. The molecule has 0 bridgehead atoms. The van der Waals surface area contributed by atoms with Gasteiger partial charge in [-0.1, -0.05) is 18.9 Å². The molecule has 1 spiro atoms. The van der Waals surface area contributed by atoms with E-state index in [0.29, 0.717) is 17.4 Å². The number of pyridine rings is 1. The Bertz CT molecular complexity index is 434. The molecule has 1 unspecified atom stereocenters. The fraction of sp³-hybridized carbons (Fsp3) is 0.571. The number of rotatable bonds is 2. The SMILES string of the molecule is NC(=NC1CCC12CCCC2)Nc1ccccn1. The van der Waals surface area contributed by atoms with Crippen LogP contribution in [0.4, 0.5) is 5.82 Å². The van der Waals surface area contributed by atoms with Crippen LogP contribution in [0.2, 0.25) is 0 Å². The van der Waals surface area contributed by atoms with Crippen molar-refractivity contribution in [2.75, 3.05) is 5.32 Å². The summed E-state index contributed by atoms with van der Waals surface area (Å²) >= 11 is 0. The quantitative estimate of drug-likeness (QED) is 0.620. The first-order valence-electron chi connectivity index (χ1n) is 6.80. The first-order chi connectivity index (χ1) is 8.78. The molecule has 3 rings (SSSR count). The first kappa shape index (κ1) is 11.5. The van der Waals surface area contributed by atoms with E-state index < -0.39 is 0 Å². The van der Waals surface area contributed by atoms with E-state index >= 15 is 0 Å². The molecule has 0 saturated heterocycles.